The molecule has 0 aliphatic carbocycles. The van der Waals surface area contributed by atoms with Crippen LogP contribution in [-0.4, -0.2) is 23.0 Å². The Bertz CT molecular complexity index is 177. The Labute approximate surface area is 74.1 Å². The van der Waals surface area contributed by atoms with Crippen LogP contribution in [0.1, 0.15) is 40.0 Å². The Morgan fingerprint density at radius 3 is 2.75 bits per heavy atom. The van der Waals surface area contributed by atoms with Crippen molar-refractivity contribution < 1.29 is 4.79 Å². The van der Waals surface area contributed by atoms with Crippen molar-refractivity contribution in [3.63, 3.8) is 0 Å². The van der Waals surface area contributed by atoms with E-state index in [-0.39, 0.29) is 11.4 Å². The number of carbonyl (C=O) groups excluding carboxylic acids is 1. The third kappa shape index (κ3) is 1.78. The number of carbonyl (C=O) groups is 1. The smallest absolute Gasteiger partial charge is 0.237 e. The molecule has 0 aromatic rings. The quantitative estimate of drug-likeness (QED) is 0.677. The van der Waals surface area contributed by atoms with Crippen LogP contribution in [0.5, 0.6) is 0 Å². The van der Waals surface area contributed by atoms with E-state index in [9.17, 15) is 4.79 Å². The molecule has 0 aromatic carbocycles. The van der Waals surface area contributed by atoms with Crippen LogP contribution in [0.25, 0.3) is 0 Å². The summed E-state index contributed by atoms with van der Waals surface area (Å²) >= 11 is 0. The second-order valence-electron chi connectivity index (χ2n) is 3.91. The molecule has 70 valence electrons. The molecule has 3 heteroatoms. The van der Waals surface area contributed by atoms with E-state index < -0.39 is 0 Å². The standard InChI is InChI=1S/C9H18N2O/c1-4-10-11-8(12)6-5-7-9(11,2)3/h10H,4-7H2,1-3H3. The van der Waals surface area contributed by atoms with E-state index in [0.717, 1.165) is 19.4 Å². The predicted molar refractivity (Wildman–Crippen MR) is 48.5 cm³/mol. The second-order valence-corrected chi connectivity index (χ2v) is 3.91. The molecule has 1 saturated heterocycles. The largest absolute Gasteiger partial charge is 0.273 e. The van der Waals surface area contributed by atoms with Crippen molar-refractivity contribution >= 4 is 5.91 Å². The van der Waals surface area contributed by atoms with Crippen molar-refractivity contribution in [1.82, 2.24) is 10.4 Å². The fourth-order valence-corrected chi connectivity index (χ4v) is 1.69. The van der Waals surface area contributed by atoms with Gasteiger partial charge in [-0.3, -0.25) is 9.80 Å². The molecule has 0 atom stereocenters. The fraction of sp³-hybridized carbons (Fsp3) is 0.889. The van der Waals surface area contributed by atoms with Crippen molar-refractivity contribution in [3.8, 4) is 0 Å². The van der Waals surface area contributed by atoms with E-state index in [1.807, 2.05) is 6.92 Å². The van der Waals surface area contributed by atoms with Gasteiger partial charge in [0.25, 0.3) is 0 Å². The zero-order valence-electron chi connectivity index (χ0n) is 8.18. The molecule has 0 saturated carbocycles. The molecular formula is C9H18N2O. The highest BCUT2D eigenvalue weighted by Crippen LogP contribution is 2.25. The number of amides is 1. The van der Waals surface area contributed by atoms with Gasteiger partial charge in [0, 0.05) is 13.0 Å². The van der Waals surface area contributed by atoms with Crippen LogP contribution in [0, 0.1) is 0 Å². The summed E-state index contributed by atoms with van der Waals surface area (Å²) in [5.41, 5.74) is 3.10. The predicted octanol–water partition coefficient (Wildman–Crippen LogP) is 1.30. The number of hydrogen-bond acceptors (Lipinski definition) is 2. The Morgan fingerprint density at radius 2 is 2.25 bits per heavy atom. The molecule has 1 N–H and O–H groups in total. The van der Waals surface area contributed by atoms with E-state index in [0.29, 0.717) is 6.42 Å². The maximum absolute atomic E-state index is 11.5. The number of nitrogens with one attached hydrogen (secondary N) is 1. The molecule has 0 radical (unpaired) electrons. The first-order chi connectivity index (χ1) is 5.58. The molecule has 3 nitrogen and oxygen atoms in total. The lowest BCUT2D eigenvalue weighted by molar-refractivity contribution is -0.145. The summed E-state index contributed by atoms with van der Waals surface area (Å²) in [6.07, 6.45) is 2.80. The van der Waals surface area contributed by atoms with E-state index in [4.69, 9.17) is 0 Å². The van der Waals surface area contributed by atoms with Gasteiger partial charge < -0.3 is 0 Å². The molecule has 1 amide bonds. The van der Waals surface area contributed by atoms with E-state index in [1.54, 1.807) is 5.01 Å². The molecule has 0 spiro atoms. The molecule has 1 aliphatic rings. The van der Waals surface area contributed by atoms with Crippen LogP contribution in [0.15, 0.2) is 0 Å². The lowest BCUT2D eigenvalue weighted by atomic mass is 9.92. The molecule has 0 unspecified atom stereocenters. The average molecular weight is 170 g/mol. The molecular weight excluding hydrogens is 152 g/mol. The van der Waals surface area contributed by atoms with Crippen LogP contribution in [0.3, 0.4) is 0 Å². The molecule has 0 aromatic heterocycles. The van der Waals surface area contributed by atoms with Gasteiger partial charge in [0.1, 0.15) is 0 Å². The van der Waals surface area contributed by atoms with E-state index in [1.165, 1.54) is 0 Å². The number of piperidine rings is 1. The summed E-state index contributed by atoms with van der Waals surface area (Å²) in [4.78, 5) is 11.5. The maximum Gasteiger partial charge on any atom is 0.237 e. The van der Waals surface area contributed by atoms with E-state index in [2.05, 4.69) is 19.3 Å². The van der Waals surface area contributed by atoms with Gasteiger partial charge in [-0.2, -0.15) is 0 Å². The zero-order valence-corrected chi connectivity index (χ0v) is 8.18. The number of hydrazine groups is 1. The fourth-order valence-electron chi connectivity index (χ4n) is 1.69. The monoisotopic (exact) mass is 170 g/mol. The summed E-state index contributed by atoms with van der Waals surface area (Å²) in [7, 11) is 0. The Morgan fingerprint density at radius 1 is 1.58 bits per heavy atom. The SMILES string of the molecule is CCNN1C(=O)CCCC1(C)C. The van der Waals surface area contributed by atoms with Crippen molar-refractivity contribution in [2.75, 3.05) is 6.54 Å². The minimum absolute atomic E-state index is 0.00859. The topological polar surface area (TPSA) is 32.3 Å². The summed E-state index contributed by atoms with van der Waals surface area (Å²) < 4.78 is 0. The van der Waals surface area contributed by atoms with Gasteiger partial charge in [-0.1, -0.05) is 6.92 Å². The Balaban J connectivity index is 2.67. The number of nitrogens with zero attached hydrogens (tertiary/aromatic N) is 1. The molecule has 12 heavy (non-hydrogen) atoms. The first-order valence-corrected chi connectivity index (χ1v) is 4.64. The minimum atomic E-state index is -0.00859. The van der Waals surface area contributed by atoms with Gasteiger partial charge >= 0.3 is 0 Å². The minimum Gasteiger partial charge on any atom is -0.273 e. The second kappa shape index (κ2) is 3.44. The summed E-state index contributed by atoms with van der Waals surface area (Å²) in [5.74, 6) is 0.230. The van der Waals surface area contributed by atoms with Crippen LogP contribution in [0.4, 0.5) is 0 Å². The lowest BCUT2D eigenvalue weighted by Crippen LogP contribution is -2.57. The molecule has 1 fully saturated rings. The van der Waals surface area contributed by atoms with Gasteiger partial charge in [-0.05, 0) is 26.7 Å². The summed E-state index contributed by atoms with van der Waals surface area (Å²) in [6.45, 7) is 7.03. The number of rotatable bonds is 2. The van der Waals surface area contributed by atoms with Gasteiger partial charge in [0.05, 0.1) is 5.54 Å². The normalized spacial score (nSPS) is 22.9. The lowest BCUT2D eigenvalue weighted by Gasteiger charge is -2.42. The summed E-state index contributed by atoms with van der Waals surface area (Å²) in [6, 6.07) is 0. The van der Waals surface area contributed by atoms with Crippen LogP contribution in [-0.2, 0) is 4.79 Å². The molecule has 1 aliphatic heterocycles. The third-order valence-electron chi connectivity index (χ3n) is 2.35. The Hall–Kier alpha value is -0.570. The van der Waals surface area contributed by atoms with Crippen molar-refractivity contribution in [2.24, 2.45) is 0 Å². The number of hydrogen-bond donors (Lipinski definition) is 1. The summed E-state index contributed by atoms with van der Waals surface area (Å²) in [5, 5.41) is 1.79. The average Bonchev–Trinajstić information content (AvgIpc) is 1.97. The van der Waals surface area contributed by atoms with Gasteiger partial charge in [-0.15, -0.1) is 0 Å². The van der Waals surface area contributed by atoms with Crippen molar-refractivity contribution in [3.05, 3.63) is 0 Å². The van der Waals surface area contributed by atoms with Crippen molar-refractivity contribution in [2.45, 2.75) is 45.6 Å². The highest BCUT2D eigenvalue weighted by Gasteiger charge is 2.33. The highest BCUT2D eigenvalue weighted by molar-refractivity contribution is 5.77. The van der Waals surface area contributed by atoms with Crippen LogP contribution in [0.2, 0.25) is 0 Å². The highest BCUT2D eigenvalue weighted by atomic mass is 16.2. The van der Waals surface area contributed by atoms with Crippen LogP contribution >= 0.6 is 0 Å². The van der Waals surface area contributed by atoms with Gasteiger partial charge in [0.15, 0.2) is 0 Å². The van der Waals surface area contributed by atoms with Gasteiger partial charge in [0.2, 0.25) is 5.91 Å². The molecule has 0 bridgehead atoms. The first-order valence-electron chi connectivity index (χ1n) is 4.64. The maximum atomic E-state index is 11.5. The Kier molecular flexibility index (Phi) is 2.73. The van der Waals surface area contributed by atoms with Crippen molar-refractivity contribution in [1.29, 1.82) is 0 Å². The molecule has 1 heterocycles. The van der Waals surface area contributed by atoms with Gasteiger partial charge in [-0.25, -0.2) is 5.43 Å². The zero-order chi connectivity index (χ0) is 9.19. The van der Waals surface area contributed by atoms with E-state index >= 15 is 0 Å². The molecule has 1 rings (SSSR count). The third-order valence-corrected chi connectivity index (χ3v) is 2.35. The first kappa shape index (κ1) is 9.52. The van der Waals surface area contributed by atoms with Crippen LogP contribution < -0.4 is 5.43 Å².